The van der Waals surface area contributed by atoms with Crippen molar-refractivity contribution < 1.29 is 30.3 Å². The molecular weight excluding hydrogens is 290 g/mol. The maximum absolute atomic E-state index is 12.2. The molecule has 0 spiro atoms. The molecule has 1 amide bonds. The zero-order valence-electron chi connectivity index (χ0n) is 11.9. The molecule has 0 atom stereocenters. The first-order chi connectivity index (χ1) is 10.2. The van der Waals surface area contributed by atoms with Crippen molar-refractivity contribution in [3.05, 3.63) is 29.8 Å². The molecule has 2 rings (SSSR count). The van der Waals surface area contributed by atoms with E-state index >= 15 is 0 Å². The Kier molecular flexibility index (Phi) is 3.73. The average molecular weight is 305 g/mol. The quantitative estimate of drug-likeness (QED) is 0.537. The summed E-state index contributed by atoms with van der Waals surface area (Å²) in [5.41, 5.74) is 0.0560. The third-order valence-corrected chi connectivity index (χ3v) is 3.15. The van der Waals surface area contributed by atoms with Gasteiger partial charge in [0.05, 0.1) is 5.56 Å². The maximum Gasteiger partial charge on any atom is 0.254 e. The summed E-state index contributed by atoms with van der Waals surface area (Å²) >= 11 is 0. The first kappa shape index (κ1) is 15.3. The number of hydrogen-bond acceptors (Lipinski definition) is 6. The van der Waals surface area contributed by atoms with Gasteiger partial charge in [-0.2, -0.15) is 0 Å². The van der Waals surface area contributed by atoms with Crippen LogP contribution in [0.2, 0.25) is 0 Å². The van der Waals surface area contributed by atoms with Crippen LogP contribution >= 0.6 is 0 Å². The SMILES string of the molecule is CN(C)C(=O)c1cc(O)c(O)c(O)c1-c1ccc(O)c(O)c1. The molecule has 0 heterocycles. The summed E-state index contributed by atoms with van der Waals surface area (Å²) in [7, 11) is 2.97. The number of rotatable bonds is 2. The van der Waals surface area contributed by atoms with Gasteiger partial charge in [0.15, 0.2) is 23.0 Å². The topological polar surface area (TPSA) is 121 Å². The number of amides is 1. The van der Waals surface area contributed by atoms with Crippen LogP contribution in [-0.4, -0.2) is 50.4 Å². The number of aromatic hydroxyl groups is 5. The van der Waals surface area contributed by atoms with Crippen LogP contribution in [0.1, 0.15) is 10.4 Å². The van der Waals surface area contributed by atoms with Gasteiger partial charge in [0, 0.05) is 19.7 Å². The molecular formula is C15H15NO6. The highest BCUT2D eigenvalue weighted by molar-refractivity contribution is 6.03. The van der Waals surface area contributed by atoms with Crippen molar-refractivity contribution in [1.29, 1.82) is 0 Å². The highest BCUT2D eigenvalue weighted by Gasteiger charge is 2.24. The number of phenolic OH excluding ortho intramolecular Hbond substituents is 5. The lowest BCUT2D eigenvalue weighted by Crippen LogP contribution is -2.22. The highest BCUT2D eigenvalue weighted by Crippen LogP contribution is 2.46. The Bertz CT molecular complexity index is 754. The highest BCUT2D eigenvalue weighted by atomic mass is 16.3. The number of carbonyl (C=O) groups excluding carboxylic acids is 1. The van der Waals surface area contributed by atoms with E-state index in [0.29, 0.717) is 0 Å². The van der Waals surface area contributed by atoms with Crippen molar-refractivity contribution in [3.8, 4) is 39.9 Å². The minimum atomic E-state index is -0.780. The van der Waals surface area contributed by atoms with Crippen LogP contribution in [0, 0.1) is 0 Å². The van der Waals surface area contributed by atoms with Gasteiger partial charge < -0.3 is 30.4 Å². The normalized spacial score (nSPS) is 10.5. The van der Waals surface area contributed by atoms with E-state index in [1.807, 2.05) is 0 Å². The fraction of sp³-hybridized carbons (Fsp3) is 0.133. The largest absolute Gasteiger partial charge is 0.504 e. The van der Waals surface area contributed by atoms with E-state index < -0.39 is 28.9 Å². The summed E-state index contributed by atoms with van der Waals surface area (Å²) in [5.74, 6) is -3.46. The van der Waals surface area contributed by atoms with E-state index in [9.17, 15) is 30.3 Å². The summed E-state index contributed by atoms with van der Waals surface area (Å²) in [5, 5.41) is 48.3. The summed E-state index contributed by atoms with van der Waals surface area (Å²) in [6.07, 6.45) is 0. The lowest BCUT2D eigenvalue weighted by atomic mass is 9.96. The van der Waals surface area contributed by atoms with Gasteiger partial charge in [-0.1, -0.05) is 6.07 Å². The Morgan fingerprint density at radius 1 is 0.864 bits per heavy atom. The zero-order valence-corrected chi connectivity index (χ0v) is 11.9. The lowest BCUT2D eigenvalue weighted by molar-refractivity contribution is 0.0827. The van der Waals surface area contributed by atoms with Gasteiger partial charge in [-0.25, -0.2) is 0 Å². The predicted octanol–water partition coefficient (Wildman–Crippen LogP) is 1.58. The second kappa shape index (κ2) is 5.36. The molecule has 0 fully saturated rings. The van der Waals surface area contributed by atoms with Crippen molar-refractivity contribution in [2.75, 3.05) is 14.1 Å². The summed E-state index contributed by atoms with van der Waals surface area (Å²) in [4.78, 5) is 13.4. The van der Waals surface area contributed by atoms with Crippen molar-refractivity contribution in [1.82, 2.24) is 4.90 Å². The molecule has 116 valence electrons. The number of hydrogen-bond donors (Lipinski definition) is 5. The van der Waals surface area contributed by atoms with Gasteiger partial charge in [-0.05, 0) is 23.8 Å². The molecule has 0 radical (unpaired) electrons. The Balaban J connectivity index is 2.80. The molecule has 0 saturated carbocycles. The summed E-state index contributed by atoms with van der Waals surface area (Å²) < 4.78 is 0. The maximum atomic E-state index is 12.2. The molecule has 2 aromatic carbocycles. The second-order valence-electron chi connectivity index (χ2n) is 4.92. The number of phenols is 5. The number of nitrogens with zero attached hydrogens (tertiary/aromatic N) is 1. The smallest absolute Gasteiger partial charge is 0.254 e. The van der Waals surface area contributed by atoms with Gasteiger partial charge in [0.25, 0.3) is 5.91 Å². The molecule has 0 unspecified atom stereocenters. The molecule has 0 aliphatic rings. The molecule has 2 aromatic rings. The Morgan fingerprint density at radius 3 is 2.05 bits per heavy atom. The van der Waals surface area contributed by atoms with E-state index in [1.165, 1.54) is 31.1 Å². The van der Waals surface area contributed by atoms with Crippen LogP contribution in [0.15, 0.2) is 24.3 Å². The zero-order chi connectivity index (χ0) is 16.6. The van der Waals surface area contributed by atoms with Crippen molar-refractivity contribution in [2.24, 2.45) is 0 Å². The monoisotopic (exact) mass is 305 g/mol. The lowest BCUT2D eigenvalue weighted by Gasteiger charge is -2.17. The van der Waals surface area contributed by atoms with Crippen LogP contribution < -0.4 is 0 Å². The van der Waals surface area contributed by atoms with Crippen LogP contribution in [0.5, 0.6) is 28.7 Å². The van der Waals surface area contributed by atoms with Crippen LogP contribution in [0.3, 0.4) is 0 Å². The first-order valence-electron chi connectivity index (χ1n) is 6.26. The third-order valence-electron chi connectivity index (χ3n) is 3.15. The van der Waals surface area contributed by atoms with Crippen LogP contribution in [0.25, 0.3) is 11.1 Å². The van der Waals surface area contributed by atoms with Crippen molar-refractivity contribution >= 4 is 5.91 Å². The third kappa shape index (κ3) is 2.44. The molecule has 0 aromatic heterocycles. The first-order valence-corrected chi connectivity index (χ1v) is 6.26. The molecule has 0 saturated heterocycles. The van der Waals surface area contributed by atoms with Crippen molar-refractivity contribution in [2.45, 2.75) is 0 Å². The average Bonchev–Trinajstić information content (AvgIpc) is 2.46. The fourth-order valence-electron chi connectivity index (χ4n) is 2.03. The molecule has 7 heteroatoms. The standard InChI is InChI=1S/C15H15NO6/c1-16(2)15(22)8-6-11(19)13(20)14(21)12(8)7-3-4-9(17)10(18)5-7/h3-6,17-21H,1-2H3. The minimum absolute atomic E-state index is 0.0655. The summed E-state index contributed by atoms with van der Waals surface area (Å²) in [6.45, 7) is 0. The van der Waals surface area contributed by atoms with Gasteiger partial charge >= 0.3 is 0 Å². The Morgan fingerprint density at radius 2 is 1.50 bits per heavy atom. The Hall–Kier alpha value is -3.09. The molecule has 5 N–H and O–H groups in total. The number of benzene rings is 2. The minimum Gasteiger partial charge on any atom is -0.504 e. The van der Waals surface area contributed by atoms with Gasteiger partial charge in [0.1, 0.15) is 0 Å². The van der Waals surface area contributed by atoms with E-state index in [1.54, 1.807) is 0 Å². The van der Waals surface area contributed by atoms with E-state index in [4.69, 9.17) is 0 Å². The molecule has 0 aliphatic carbocycles. The van der Waals surface area contributed by atoms with Gasteiger partial charge in [-0.15, -0.1) is 0 Å². The van der Waals surface area contributed by atoms with Crippen molar-refractivity contribution in [3.63, 3.8) is 0 Å². The van der Waals surface area contributed by atoms with E-state index in [0.717, 1.165) is 12.1 Å². The number of carbonyl (C=O) groups is 1. The molecule has 22 heavy (non-hydrogen) atoms. The molecule has 0 aliphatic heterocycles. The molecule has 0 bridgehead atoms. The second-order valence-corrected chi connectivity index (χ2v) is 4.92. The summed E-state index contributed by atoms with van der Waals surface area (Å²) in [6, 6.07) is 4.69. The fourth-order valence-corrected chi connectivity index (χ4v) is 2.03. The van der Waals surface area contributed by atoms with E-state index in [2.05, 4.69) is 0 Å². The van der Waals surface area contributed by atoms with E-state index in [-0.39, 0.29) is 22.4 Å². The Labute approximate surface area is 125 Å². The van der Waals surface area contributed by atoms with Crippen LogP contribution in [-0.2, 0) is 0 Å². The van der Waals surface area contributed by atoms with Crippen LogP contribution in [0.4, 0.5) is 0 Å². The van der Waals surface area contributed by atoms with Gasteiger partial charge in [0.2, 0.25) is 5.75 Å². The molecule has 7 nitrogen and oxygen atoms in total. The predicted molar refractivity (Wildman–Crippen MR) is 78.2 cm³/mol. The van der Waals surface area contributed by atoms with Gasteiger partial charge in [-0.3, -0.25) is 4.79 Å².